The first kappa shape index (κ1) is 10.7. The van der Waals surface area contributed by atoms with E-state index in [-0.39, 0.29) is 0 Å². The maximum atomic E-state index is 3.80. The van der Waals surface area contributed by atoms with E-state index in [1.807, 2.05) is 0 Å². The van der Waals surface area contributed by atoms with E-state index in [9.17, 15) is 0 Å². The van der Waals surface area contributed by atoms with Gasteiger partial charge in [0, 0.05) is 9.30 Å². The van der Waals surface area contributed by atoms with Gasteiger partial charge in [-0.3, -0.25) is 0 Å². The van der Waals surface area contributed by atoms with E-state index in [1.165, 1.54) is 18.4 Å². The molecular formula is C12H14Br2. The van der Waals surface area contributed by atoms with Crippen LogP contribution in [-0.2, 0) is 0 Å². The SMILES string of the molecule is CC(C1CC1)C(Br)c1ccc(Br)cc1. The summed E-state index contributed by atoms with van der Waals surface area (Å²) in [5.74, 6) is 1.71. The summed E-state index contributed by atoms with van der Waals surface area (Å²) < 4.78 is 1.15. The average Bonchev–Trinajstić information content (AvgIpc) is 3.00. The molecule has 0 saturated heterocycles. The number of halogens is 2. The van der Waals surface area contributed by atoms with E-state index in [2.05, 4.69) is 63.0 Å². The zero-order chi connectivity index (χ0) is 10.1. The second-order valence-electron chi connectivity index (χ2n) is 4.15. The highest BCUT2D eigenvalue weighted by atomic mass is 79.9. The minimum absolute atomic E-state index is 0.517. The predicted octanol–water partition coefficient (Wildman–Crippen LogP) is 4.93. The summed E-state index contributed by atoms with van der Waals surface area (Å²) in [6, 6.07) is 8.62. The Kier molecular flexibility index (Phi) is 3.33. The lowest BCUT2D eigenvalue weighted by Crippen LogP contribution is -2.05. The molecule has 1 aliphatic carbocycles. The van der Waals surface area contributed by atoms with E-state index >= 15 is 0 Å². The molecule has 0 N–H and O–H groups in total. The molecule has 0 nitrogen and oxygen atoms in total. The van der Waals surface area contributed by atoms with Crippen molar-refractivity contribution in [2.75, 3.05) is 0 Å². The smallest absolute Gasteiger partial charge is 0.0423 e. The van der Waals surface area contributed by atoms with Gasteiger partial charge in [0.1, 0.15) is 0 Å². The topological polar surface area (TPSA) is 0 Å². The summed E-state index contributed by atoms with van der Waals surface area (Å²) in [6.45, 7) is 2.35. The summed E-state index contributed by atoms with van der Waals surface area (Å²) in [6.07, 6.45) is 2.83. The normalized spacial score (nSPS) is 20.5. The summed E-state index contributed by atoms with van der Waals surface area (Å²) in [7, 11) is 0. The molecule has 1 aromatic carbocycles. The molecule has 2 atom stereocenters. The Labute approximate surface area is 102 Å². The van der Waals surface area contributed by atoms with Crippen molar-refractivity contribution < 1.29 is 0 Å². The molecule has 0 amide bonds. The van der Waals surface area contributed by atoms with Gasteiger partial charge in [0.25, 0.3) is 0 Å². The molecule has 0 heterocycles. The van der Waals surface area contributed by atoms with E-state index < -0.39 is 0 Å². The van der Waals surface area contributed by atoms with Gasteiger partial charge in [-0.25, -0.2) is 0 Å². The third kappa shape index (κ3) is 2.40. The Hall–Kier alpha value is 0.180. The summed E-state index contributed by atoms with van der Waals surface area (Å²) in [5, 5.41) is 0. The summed E-state index contributed by atoms with van der Waals surface area (Å²) in [4.78, 5) is 0.517. The van der Waals surface area contributed by atoms with Crippen LogP contribution in [0.2, 0.25) is 0 Å². The number of alkyl halides is 1. The maximum absolute atomic E-state index is 3.80. The molecule has 1 aromatic rings. The molecule has 14 heavy (non-hydrogen) atoms. The molecule has 1 aliphatic rings. The van der Waals surface area contributed by atoms with Crippen LogP contribution in [0.5, 0.6) is 0 Å². The first-order valence-corrected chi connectivity index (χ1v) is 6.79. The van der Waals surface area contributed by atoms with Crippen molar-refractivity contribution >= 4 is 31.9 Å². The van der Waals surface area contributed by atoms with Gasteiger partial charge >= 0.3 is 0 Å². The second-order valence-corrected chi connectivity index (χ2v) is 6.05. The fourth-order valence-electron chi connectivity index (χ4n) is 1.81. The van der Waals surface area contributed by atoms with Crippen LogP contribution in [0.3, 0.4) is 0 Å². The average molecular weight is 318 g/mol. The van der Waals surface area contributed by atoms with Gasteiger partial charge in [0.2, 0.25) is 0 Å². The maximum Gasteiger partial charge on any atom is 0.0423 e. The highest BCUT2D eigenvalue weighted by molar-refractivity contribution is 9.10. The number of hydrogen-bond donors (Lipinski definition) is 0. The first-order valence-electron chi connectivity index (χ1n) is 5.08. The molecule has 2 unspecified atom stereocenters. The lowest BCUT2D eigenvalue weighted by molar-refractivity contribution is 0.503. The van der Waals surface area contributed by atoms with Crippen molar-refractivity contribution in [1.82, 2.24) is 0 Å². The van der Waals surface area contributed by atoms with Crippen LogP contribution in [0.4, 0.5) is 0 Å². The largest absolute Gasteiger partial charge is 0.0836 e. The highest BCUT2D eigenvalue weighted by Gasteiger charge is 2.32. The third-order valence-corrected chi connectivity index (χ3v) is 4.91. The van der Waals surface area contributed by atoms with Crippen molar-refractivity contribution in [3.05, 3.63) is 34.3 Å². The molecule has 1 fully saturated rings. The highest BCUT2D eigenvalue weighted by Crippen LogP contribution is 2.46. The van der Waals surface area contributed by atoms with Crippen molar-refractivity contribution in [1.29, 1.82) is 0 Å². The van der Waals surface area contributed by atoms with Gasteiger partial charge < -0.3 is 0 Å². The molecule has 0 aromatic heterocycles. The molecule has 0 bridgehead atoms. The van der Waals surface area contributed by atoms with Crippen LogP contribution < -0.4 is 0 Å². The summed E-state index contributed by atoms with van der Waals surface area (Å²) in [5.41, 5.74) is 1.40. The van der Waals surface area contributed by atoms with Gasteiger partial charge in [0.15, 0.2) is 0 Å². The fraction of sp³-hybridized carbons (Fsp3) is 0.500. The Morgan fingerprint density at radius 2 is 1.79 bits per heavy atom. The Morgan fingerprint density at radius 3 is 2.29 bits per heavy atom. The van der Waals surface area contributed by atoms with Crippen molar-refractivity contribution in [3.8, 4) is 0 Å². The zero-order valence-electron chi connectivity index (χ0n) is 8.21. The van der Waals surface area contributed by atoms with Crippen LogP contribution in [0.15, 0.2) is 28.7 Å². The van der Waals surface area contributed by atoms with Gasteiger partial charge in [0.05, 0.1) is 0 Å². The van der Waals surface area contributed by atoms with Crippen molar-refractivity contribution in [3.63, 3.8) is 0 Å². The van der Waals surface area contributed by atoms with Gasteiger partial charge in [-0.15, -0.1) is 0 Å². The number of rotatable bonds is 3. The Balaban J connectivity index is 2.09. The van der Waals surface area contributed by atoms with Crippen LogP contribution in [0.25, 0.3) is 0 Å². The van der Waals surface area contributed by atoms with E-state index in [4.69, 9.17) is 0 Å². The van der Waals surface area contributed by atoms with Crippen molar-refractivity contribution in [2.45, 2.75) is 24.6 Å². The minimum atomic E-state index is 0.517. The van der Waals surface area contributed by atoms with Crippen molar-refractivity contribution in [2.24, 2.45) is 11.8 Å². The van der Waals surface area contributed by atoms with E-state index in [0.717, 1.165) is 16.3 Å². The molecule has 0 spiro atoms. The van der Waals surface area contributed by atoms with E-state index in [0.29, 0.717) is 4.83 Å². The predicted molar refractivity (Wildman–Crippen MR) is 67.7 cm³/mol. The molecule has 0 radical (unpaired) electrons. The minimum Gasteiger partial charge on any atom is -0.0836 e. The van der Waals surface area contributed by atoms with Crippen LogP contribution >= 0.6 is 31.9 Å². The molecule has 76 valence electrons. The van der Waals surface area contributed by atoms with Gasteiger partial charge in [-0.1, -0.05) is 50.9 Å². The van der Waals surface area contributed by atoms with Crippen LogP contribution in [0, 0.1) is 11.8 Å². The van der Waals surface area contributed by atoms with Crippen LogP contribution in [-0.4, -0.2) is 0 Å². The number of benzene rings is 1. The van der Waals surface area contributed by atoms with Gasteiger partial charge in [-0.05, 0) is 42.4 Å². The molecule has 0 aliphatic heterocycles. The Morgan fingerprint density at radius 1 is 1.21 bits per heavy atom. The molecule has 1 saturated carbocycles. The quantitative estimate of drug-likeness (QED) is 0.693. The lowest BCUT2D eigenvalue weighted by atomic mass is 9.97. The lowest BCUT2D eigenvalue weighted by Gasteiger charge is -2.18. The van der Waals surface area contributed by atoms with Crippen LogP contribution in [0.1, 0.15) is 30.2 Å². The third-order valence-electron chi connectivity index (χ3n) is 3.02. The second kappa shape index (κ2) is 4.36. The molecule has 2 rings (SSSR count). The molecule has 2 heteroatoms. The van der Waals surface area contributed by atoms with Gasteiger partial charge in [-0.2, -0.15) is 0 Å². The fourth-order valence-corrected chi connectivity index (χ4v) is 2.81. The standard InChI is InChI=1S/C12H14Br2/c1-8(9-2-3-9)12(14)10-4-6-11(13)7-5-10/h4-9,12H,2-3H2,1H3. The van der Waals surface area contributed by atoms with E-state index in [1.54, 1.807) is 0 Å². The Bertz CT molecular complexity index is 301. The number of hydrogen-bond acceptors (Lipinski definition) is 0. The molecular weight excluding hydrogens is 304 g/mol. The monoisotopic (exact) mass is 316 g/mol. The first-order chi connectivity index (χ1) is 6.68. The zero-order valence-corrected chi connectivity index (χ0v) is 11.4. The summed E-state index contributed by atoms with van der Waals surface area (Å²) >= 11 is 7.26.